The monoisotopic (exact) mass is 344 g/mol. The van der Waals surface area contributed by atoms with Gasteiger partial charge in [-0.2, -0.15) is 0 Å². The number of nitrogens with zero attached hydrogens (tertiary/aromatic N) is 4. The first-order valence-corrected chi connectivity index (χ1v) is 9.05. The third kappa shape index (κ3) is 4.18. The van der Waals surface area contributed by atoms with E-state index >= 15 is 0 Å². The van der Waals surface area contributed by atoms with E-state index in [1.807, 2.05) is 55.1 Å². The standard InChI is InChI=1S/C19H28N4O2/c1-19(2,3)23-14-16(12-17(23)24)18(25)22-10-8-21(9-11-22)13-15-4-6-20-7-5-15/h4-7,16H,8-14H2,1-3H3/t16-/m0/s1. The van der Waals surface area contributed by atoms with Gasteiger partial charge in [0.15, 0.2) is 0 Å². The molecule has 3 heterocycles. The second-order valence-corrected chi connectivity index (χ2v) is 8.03. The van der Waals surface area contributed by atoms with Gasteiger partial charge in [0, 0.05) is 63.6 Å². The van der Waals surface area contributed by atoms with Crippen molar-refractivity contribution in [3.05, 3.63) is 30.1 Å². The van der Waals surface area contributed by atoms with Crippen molar-refractivity contribution in [2.75, 3.05) is 32.7 Å². The molecular formula is C19H28N4O2. The SMILES string of the molecule is CC(C)(C)N1C[C@@H](C(=O)N2CCN(Cc3ccncc3)CC2)CC1=O. The second kappa shape index (κ2) is 7.12. The van der Waals surface area contributed by atoms with E-state index in [1.54, 1.807) is 0 Å². The van der Waals surface area contributed by atoms with Crippen molar-refractivity contribution in [1.82, 2.24) is 19.7 Å². The number of amides is 2. The molecule has 0 N–H and O–H groups in total. The molecule has 0 radical (unpaired) electrons. The smallest absolute Gasteiger partial charge is 0.228 e. The first kappa shape index (κ1) is 17.9. The Morgan fingerprint density at radius 2 is 1.80 bits per heavy atom. The van der Waals surface area contributed by atoms with Gasteiger partial charge in [0.25, 0.3) is 0 Å². The lowest BCUT2D eigenvalue weighted by Crippen LogP contribution is -2.50. The van der Waals surface area contributed by atoms with Crippen molar-refractivity contribution in [2.45, 2.75) is 39.3 Å². The minimum Gasteiger partial charge on any atom is -0.340 e. The summed E-state index contributed by atoms with van der Waals surface area (Å²) in [6.45, 7) is 10.7. The van der Waals surface area contributed by atoms with Gasteiger partial charge in [-0.05, 0) is 38.5 Å². The molecule has 0 bridgehead atoms. The van der Waals surface area contributed by atoms with E-state index < -0.39 is 0 Å². The summed E-state index contributed by atoms with van der Waals surface area (Å²) in [6, 6.07) is 4.06. The minimum absolute atomic E-state index is 0.0992. The molecule has 136 valence electrons. The van der Waals surface area contributed by atoms with Crippen molar-refractivity contribution < 1.29 is 9.59 Å². The maximum Gasteiger partial charge on any atom is 0.228 e. The van der Waals surface area contributed by atoms with Crippen LogP contribution in [0, 0.1) is 5.92 Å². The van der Waals surface area contributed by atoms with Gasteiger partial charge in [0.1, 0.15) is 0 Å². The summed E-state index contributed by atoms with van der Waals surface area (Å²) in [4.78, 5) is 35.2. The van der Waals surface area contributed by atoms with Crippen LogP contribution in [0.15, 0.2) is 24.5 Å². The lowest BCUT2D eigenvalue weighted by atomic mass is 10.1. The first-order valence-electron chi connectivity index (χ1n) is 9.05. The predicted molar refractivity (Wildman–Crippen MR) is 95.7 cm³/mol. The van der Waals surface area contributed by atoms with Crippen LogP contribution in [0.1, 0.15) is 32.8 Å². The van der Waals surface area contributed by atoms with Crippen LogP contribution in [0.5, 0.6) is 0 Å². The Balaban J connectivity index is 1.51. The minimum atomic E-state index is -0.213. The van der Waals surface area contributed by atoms with E-state index in [2.05, 4.69) is 9.88 Å². The number of carbonyl (C=O) groups excluding carboxylic acids is 2. The molecule has 3 rings (SSSR count). The fraction of sp³-hybridized carbons (Fsp3) is 0.632. The van der Waals surface area contributed by atoms with Crippen LogP contribution in [0.2, 0.25) is 0 Å². The molecule has 0 aliphatic carbocycles. The number of hydrogen-bond donors (Lipinski definition) is 0. The van der Waals surface area contributed by atoms with E-state index in [9.17, 15) is 9.59 Å². The van der Waals surface area contributed by atoms with Gasteiger partial charge in [-0.3, -0.25) is 19.5 Å². The van der Waals surface area contributed by atoms with Gasteiger partial charge < -0.3 is 9.80 Å². The molecule has 0 unspecified atom stereocenters. The molecule has 6 nitrogen and oxygen atoms in total. The first-order chi connectivity index (χ1) is 11.8. The average Bonchev–Trinajstić information content (AvgIpc) is 2.98. The van der Waals surface area contributed by atoms with E-state index in [-0.39, 0.29) is 23.3 Å². The largest absolute Gasteiger partial charge is 0.340 e. The van der Waals surface area contributed by atoms with Gasteiger partial charge in [-0.15, -0.1) is 0 Å². The molecule has 25 heavy (non-hydrogen) atoms. The van der Waals surface area contributed by atoms with Crippen molar-refractivity contribution in [2.24, 2.45) is 5.92 Å². The summed E-state index contributed by atoms with van der Waals surface area (Å²) >= 11 is 0. The normalized spacial score (nSPS) is 22.5. The molecule has 2 amide bonds. The lowest BCUT2D eigenvalue weighted by Gasteiger charge is -2.36. The number of carbonyl (C=O) groups is 2. The average molecular weight is 344 g/mol. The molecule has 2 aliphatic heterocycles. The maximum absolute atomic E-state index is 12.8. The van der Waals surface area contributed by atoms with Crippen molar-refractivity contribution in [3.63, 3.8) is 0 Å². The third-order valence-electron chi connectivity index (χ3n) is 5.12. The van der Waals surface area contributed by atoms with E-state index in [4.69, 9.17) is 0 Å². The Hall–Kier alpha value is -1.95. The summed E-state index contributed by atoms with van der Waals surface area (Å²) in [7, 11) is 0. The van der Waals surface area contributed by atoms with E-state index in [0.717, 1.165) is 32.7 Å². The number of hydrogen-bond acceptors (Lipinski definition) is 4. The lowest BCUT2D eigenvalue weighted by molar-refractivity contribution is -0.137. The van der Waals surface area contributed by atoms with Crippen LogP contribution >= 0.6 is 0 Å². The fourth-order valence-corrected chi connectivity index (χ4v) is 3.65. The molecule has 1 aromatic rings. The number of pyridine rings is 1. The second-order valence-electron chi connectivity index (χ2n) is 8.03. The van der Waals surface area contributed by atoms with E-state index in [1.165, 1.54) is 5.56 Å². The highest BCUT2D eigenvalue weighted by Crippen LogP contribution is 2.27. The van der Waals surface area contributed by atoms with E-state index in [0.29, 0.717) is 13.0 Å². The number of piperazine rings is 1. The molecule has 2 aliphatic rings. The zero-order chi connectivity index (χ0) is 18.0. The Kier molecular flexibility index (Phi) is 5.08. The van der Waals surface area contributed by atoms with Crippen LogP contribution in [0.4, 0.5) is 0 Å². The molecule has 1 aromatic heterocycles. The van der Waals surface area contributed by atoms with Crippen LogP contribution in [-0.4, -0.2) is 69.8 Å². The summed E-state index contributed by atoms with van der Waals surface area (Å²) < 4.78 is 0. The summed E-state index contributed by atoms with van der Waals surface area (Å²) in [5.41, 5.74) is 1.03. The highest BCUT2D eigenvalue weighted by atomic mass is 16.2. The molecule has 6 heteroatoms. The Labute approximate surface area is 149 Å². The zero-order valence-electron chi connectivity index (χ0n) is 15.4. The molecular weight excluding hydrogens is 316 g/mol. The summed E-state index contributed by atoms with van der Waals surface area (Å²) in [6.07, 6.45) is 3.98. The molecule has 2 fully saturated rings. The van der Waals surface area contributed by atoms with Crippen LogP contribution in [0.25, 0.3) is 0 Å². The Morgan fingerprint density at radius 3 is 2.36 bits per heavy atom. The maximum atomic E-state index is 12.8. The predicted octanol–water partition coefficient (Wildman–Crippen LogP) is 1.37. The summed E-state index contributed by atoms with van der Waals surface area (Å²) in [5, 5.41) is 0. The van der Waals surface area contributed by atoms with Crippen LogP contribution in [0.3, 0.4) is 0 Å². The van der Waals surface area contributed by atoms with Gasteiger partial charge in [0.2, 0.25) is 11.8 Å². The molecule has 1 atom stereocenters. The zero-order valence-corrected chi connectivity index (χ0v) is 15.4. The van der Waals surface area contributed by atoms with Gasteiger partial charge in [-0.25, -0.2) is 0 Å². The number of likely N-dealkylation sites (tertiary alicyclic amines) is 1. The molecule has 2 saturated heterocycles. The molecule has 0 aromatic carbocycles. The van der Waals surface area contributed by atoms with Crippen molar-refractivity contribution >= 4 is 11.8 Å². The molecule has 0 spiro atoms. The highest BCUT2D eigenvalue weighted by molar-refractivity contribution is 5.89. The number of rotatable bonds is 3. The van der Waals surface area contributed by atoms with Crippen LogP contribution in [-0.2, 0) is 16.1 Å². The van der Waals surface area contributed by atoms with Gasteiger partial charge in [-0.1, -0.05) is 0 Å². The van der Waals surface area contributed by atoms with Crippen molar-refractivity contribution in [1.29, 1.82) is 0 Å². The Morgan fingerprint density at radius 1 is 1.16 bits per heavy atom. The number of aromatic nitrogens is 1. The molecule has 0 saturated carbocycles. The van der Waals surface area contributed by atoms with Crippen molar-refractivity contribution in [3.8, 4) is 0 Å². The highest BCUT2D eigenvalue weighted by Gasteiger charge is 2.41. The summed E-state index contributed by atoms with van der Waals surface area (Å²) in [5.74, 6) is 0.0595. The van der Waals surface area contributed by atoms with Gasteiger partial charge in [0.05, 0.1) is 5.92 Å². The van der Waals surface area contributed by atoms with Gasteiger partial charge >= 0.3 is 0 Å². The quantitative estimate of drug-likeness (QED) is 0.831. The topological polar surface area (TPSA) is 56.8 Å². The Bertz CT molecular complexity index is 618. The third-order valence-corrected chi connectivity index (χ3v) is 5.12. The fourth-order valence-electron chi connectivity index (χ4n) is 3.65. The van der Waals surface area contributed by atoms with Crippen LogP contribution < -0.4 is 0 Å².